The number of nitrogens with zero attached hydrogens (tertiary/aromatic N) is 1. The molecule has 1 heterocycles. The van der Waals surface area contributed by atoms with Gasteiger partial charge >= 0.3 is 0 Å². The van der Waals surface area contributed by atoms with Gasteiger partial charge in [0.15, 0.2) is 5.16 Å². The van der Waals surface area contributed by atoms with Gasteiger partial charge in [-0.05, 0) is 23.4 Å². The highest BCUT2D eigenvalue weighted by Crippen LogP contribution is 2.34. The van der Waals surface area contributed by atoms with Crippen molar-refractivity contribution in [2.45, 2.75) is 16.7 Å². The van der Waals surface area contributed by atoms with Crippen molar-refractivity contribution in [2.24, 2.45) is 0 Å². The molecule has 0 bridgehead atoms. The van der Waals surface area contributed by atoms with Crippen molar-refractivity contribution in [3.63, 3.8) is 0 Å². The maximum atomic E-state index is 11.3. The molecule has 0 aliphatic carbocycles. The topological polar surface area (TPSA) is 92.0 Å². The number of aliphatic hydroxyl groups is 1. The predicted octanol–water partition coefficient (Wildman–Crippen LogP) is 1.65. The highest BCUT2D eigenvalue weighted by Gasteiger charge is 2.10. The third-order valence-corrected chi connectivity index (χ3v) is 3.66. The summed E-state index contributed by atoms with van der Waals surface area (Å²) in [5, 5.41) is 10.1. The number of nitrogens with two attached hydrogens (primary N) is 1. The van der Waals surface area contributed by atoms with Gasteiger partial charge in [0.05, 0.1) is 11.6 Å². The summed E-state index contributed by atoms with van der Waals surface area (Å²) in [4.78, 5) is 18.5. The highest BCUT2D eigenvalue weighted by molar-refractivity contribution is 7.99. The van der Waals surface area contributed by atoms with Crippen molar-refractivity contribution in [1.82, 2.24) is 9.97 Å². The highest BCUT2D eigenvalue weighted by atomic mass is 35.5. The molecule has 0 radical (unpaired) electrons. The summed E-state index contributed by atoms with van der Waals surface area (Å²) in [6.45, 7) is -0.143. The number of halogens is 1. The van der Waals surface area contributed by atoms with Crippen molar-refractivity contribution in [3.05, 3.63) is 45.2 Å². The minimum Gasteiger partial charge on any atom is -0.392 e. The molecule has 0 unspecified atom stereocenters. The molecule has 0 saturated carbocycles. The zero-order valence-electron chi connectivity index (χ0n) is 9.18. The number of aliphatic hydroxyl groups excluding tert-OH is 1. The number of hydrogen-bond acceptors (Lipinski definition) is 5. The van der Waals surface area contributed by atoms with Crippen molar-refractivity contribution < 1.29 is 5.11 Å². The van der Waals surface area contributed by atoms with Crippen molar-refractivity contribution in [3.8, 4) is 0 Å². The van der Waals surface area contributed by atoms with E-state index in [1.165, 1.54) is 6.07 Å². The Morgan fingerprint density at radius 1 is 1.50 bits per heavy atom. The molecule has 1 aromatic heterocycles. The number of hydrogen-bond donors (Lipinski definition) is 3. The first-order chi connectivity index (χ1) is 8.60. The summed E-state index contributed by atoms with van der Waals surface area (Å²) in [5.41, 5.74) is 5.83. The van der Waals surface area contributed by atoms with Crippen molar-refractivity contribution in [2.75, 3.05) is 5.73 Å². The van der Waals surface area contributed by atoms with Gasteiger partial charge in [-0.3, -0.25) is 4.79 Å². The Morgan fingerprint density at radius 2 is 2.28 bits per heavy atom. The van der Waals surface area contributed by atoms with E-state index >= 15 is 0 Å². The summed E-state index contributed by atoms with van der Waals surface area (Å²) in [7, 11) is 0. The first-order valence-electron chi connectivity index (χ1n) is 5.03. The standard InChI is InChI=1S/C11H10ClN3O2S/c12-7-3-1-2-6(5-16)10(7)18-11-14-8(13)4-9(17)15-11/h1-4,16H,5H2,(H3,13,14,15,17). The fourth-order valence-electron chi connectivity index (χ4n) is 1.39. The Hall–Kier alpha value is -1.50. The van der Waals surface area contributed by atoms with Gasteiger partial charge < -0.3 is 15.8 Å². The number of benzene rings is 1. The SMILES string of the molecule is Nc1cc(=O)[nH]c(Sc2c(Cl)cccc2CO)n1. The molecule has 4 N–H and O–H groups in total. The van der Waals surface area contributed by atoms with E-state index in [2.05, 4.69) is 9.97 Å². The Kier molecular flexibility index (Phi) is 3.90. The van der Waals surface area contributed by atoms with Gasteiger partial charge in [-0.25, -0.2) is 4.98 Å². The molecule has 5 nitrogen and oxygen atoms in total. The summed E-state index contributed by atoms with van der Waals surface area (Å²) in [6.07, 6.45) is 0. The van der Waals surface area contributed by atoms with Gasteiger partial charge in [0.2, 0.25) is 0 Å². The van der Waals surface area contributed by atoms with Gasteiger partial charge in [-0.1, -0.05) is 23.7 Å². The fourth-order valence-corrected chi connectivity index (χ4v) is 2.63. The zero-order valence-corrected chi connectivity index (χ0v) is 10.8. The van der Waals surface area contributed by atoms with E-state index in [9.17, 15) is 9.90 Å². The second-order valence-electron chi connectivity index (χ2n) is 3.46. The van der Waals surface area contributed by atoms with Gasteiger partial charge in [0.25, 0.3) is 5.56 Å². The molecule has 0 atom stereocenters. The van der Waals surface area contributed by atoms with E-state index in [0.29, 0.717) is 20.6 Å². The summed E-state index contributed by atoms with van der Waals surface area (Å²) >= 11 is 7.21. The van der Waals surface area contributed by atoms with Crippen LogP contribution >= 0.6 is 23.4 Å². The van der Waals surface area contributed by atoms with E-state index in [1.807, 2.05) is 0 Å². The molecule has 94 valence electrons. The first-order valence-corrected chi connectivity index (χ1v) is 6.22. The molecular formula is C11H10ClN3O2S. The average molecular weight is 284 g/mol. The molecular weight excluding hydrogens is 274 g/mol. The Balaban J connectivity index is 2.42. The van der Waals surface area contributed by atoms with Crippen molar-refractivity contribution in [1.29, 1.82) is 0 Å². The van der Waals surface area contributed by atoms with E-state index in [1.54, 1.807) is 18.2 Å². The smallest absolute Gasteiger partial charge is 0.253 e. The Labute approximate surface area is 112 Å². The van der Waals surface area contributed by atoms with Crippen LogP contribution in [0.4, 0.5) is 5.82 Å². The van der Waals surface area contributed by atoms with E-state index in [-0.39, 0.29) is 18.0 Å². The molecule has 0 fully saturated rings. The van der Waals surface area contributed by atoms with Crippen LogP contribution in [0.3, 0.4) is 0 Å². The van der Waals surface area contributed by atoms with Crippen LogP contribution in [0, 0.1) is 0 Å². The molecule has 2 aromatic rings. The minimum absolute atomic E-state index is 0.138. The van der Waals surface area contributed by atoms with Crippen molar-refractivity contribution >= 4 is 29.2 Å². The van der Waals surface area contributed by atoms with Crippen LogP contribution in [-0.2, 0) is 6.61 Å². The van der Waals surface area contributed by atoms with Crippen LogP contribution in [0.1, 0.15) is 5.56 Å². The maximum Gasteiger partial charge on any atom is 0.253 e. The normalized spacial score (nSPS) is 10.6. The van der Waals surface area contributed by atoms with E-state index in [0.717, 1.165) is 11.8 Å². The second-order valence-corrected chi connectivity index (χ2v) is 4.87. The van der Waals surface area contributed by atoms with E-state index in [4.69, 9.17) is 17.3 Å². The van der Waals surface area contributed by atoms with Gasteiger partial charge in [-0.15, -0.1) is 0 Å². The van der Waals surface area contributed by atoms with Crippen LogP contribution < -0.4 is 11.3 Å². The third-order valence-electron chi connectivity index (χ3n) is 2.16. The number of aromatic amines is 1. The summed E-state index contributed by atoms with van der Waals surface area (Å²) < 4.78 is 0. The summed E-state index contributed by atoms with van der Waals surface area (Å²) in [6, 6.07) is 6.39. The number of rotatable bonds is 3. The fraction of sp³-hybridized carbons (Fsp3) is 0.0909. The number of aromatic nitrogens is 2. The molecule has 2 rings (SSSR count). The van der Waals surface area contributed by atoms with Crippen LogP contribution in [-0.4, -0.2) is 15.1 Å². The number of H-pyrrole nitrogens is 1. The second kappa shape index (κ2) is 5.43. The average Bonchev–Trinajstić information content (AvgIpc) is 2.30. The Bertz CT molecular complexity index is 630. The van der Waals surface area contributed by atoms with Crippen LogP contribution in [0.5, 0.6) is 0 Å². The lowest BCUT2D eigenvalue weighted by Crippen LogP contribution is -2.09. The first kappa shape index (κ1) is 12.9. The predicted molar refractivity (Wildman–Crippen MR) is 70.8 cm³/mol. The van der Waals surface area contributed by atoms with Crippen LogP contribution in [0.2, 0.25) is 5.02 Å². The maximum absolute atomic E-state index is 11.3. The quantitative estimate of drug-likeness (QED) is 0.745. The number of nitrogens with one attached hydrogen (secondary N) is 1. The van der Waals surface area contributed by atoms with E-state index < -0.39 is 0 Å². The molecule has 0 saturated heterocycles. The van der Waals surface area contributed by atoms with Crippen LogP contribution in [0.25, 0.3) is 0 Å². The number of anilines is 1. The monoisotopic (exact) mass is 283 g/mol. The van der Waals surface area contributed by atoms with Gasteiger partial charge in [0.1, 0.15) is 5.82 Å². The lowest BCUT2D eigenvalue weighted by molar-refractivity contribution is 0.279. The largest absolute Gasteiger partial charge is 0.392 e. The third kappa shape index (κ3) is 2.84. The lowest BCUT2D eigenvalue weighted by atomic mass is 10.2. The summed E-state index contributed by atoms with van der Waals surface area (Å²) in [5.74, 6) is 0.138. The lowest BCUT2D eigenvalue weighted by Gasteiger charge is -2.08. The van der Waals surface area contributed by atoms with Gasteiger partial charge in [0, 0.05) is 11.0 Å². The molecule has 0 aliphatic heterocycles. The molecule has 0 spiro atoms. The minimum atomic E-state index is -0.331. The molecule has 0 aliphatic rings. The zero-order chi connectivity index (χ0) is 13.1. The Morgan fingerprint density at radius 3 is 2.94 bits per heavy atom. The molecule has 7 heteroatoms. The molecule has 1 aromatic carbocycles. The number of nitrogen functional groups attached to an aromatic ring is 1. The molecule has 0 amide bonds. The molecule has 18 heavy (non-hydrogen) atoms. The van der Waals surface area contributed by atoms with Crippen LogP contribution in [0.15, 0.2) is 39.1 Å². The van der Waals surface area contributed by atoms with Gasteiger partial charge in [-0.2, -0.15) is 0 Å².